The molecular formula is C37H41N5O5. The molecule has 3 heterocycles. The van der Waals surface area contributed by atoms with Crippen LogP contribution < -0.4 is 10.1 Å². The molecule has 4 aromatic rings. The number of carbonyl (C=O) groups excluding carboxylic acids is 2. The van der Waals surface area contributed by atoms with Gasteiger partial charge in [0, 0.05) is 13.1 Å². The Morgan fingerprint density at radius 3 is 2.64 bits per heavy atom. The van der Waals surface area contributed by atoms with E-state index in [1.54, 1.807) is 16.5 Å². The second kappa shape index (κ2) is 13.8. The van der Waals surface area contributed by atoms with Gasteiger partial charge in [-0.2, -0.15) is 5.10 Å². The highest BCUT2D eigenvalue weighted by Crippen LogP contribution is 2.41. The molecule has 47 heavy (non-hydrogen) atoms. The van der Waals surface area contributed by atoms with Crippen LogP contribution in [-0.2, 0) is 22.4 Å². The van der Waals surface area contributed by atoms with Gasteiger partial charge in [0.2, 0.25) is 5.88 Å². The van der Waals surface area contributed by atoms with Crippen molar-refractivity contribution < 1.29 is 24.2 Å². The van der Waals surface area contributed by atoms with Gasteiger partial charge in [0.1, 0.15) is 17.5 Å². The fourth-order valence-electron chi connectivity index (χ4n) is 6.65. The molecule has 0 saturated heterocycles. The number of anilines is 1. The summed E-state index contributed by atoms with van der Waals surface area (Å²) in [7, 11) is 1.52. The van der Waals surface area contributed by atoms with E-state index >= 15 is 0 Å². The molecule has 2 N–H and O–H groups in total. The number of ether oxygens (including phenoxy) is 2. The summed E-state index contributed by atoms with van der Waals surface area (Å²) in [6.45, 7) is 6.73. The third kappa shape index (κ3) is 6.38. The van der Waals surface area contributed by atoms with Gasteiger partial charge in [-0.3, -0.25) is 4.79 Å². The molecule has 2 aromatic carbocycles. The smallest absolute Gasteiger partial charge is 0.345 e. The highest BCUT2D eigenvalue weighted by atomic mass is 16.5. The maximum atomic E-state index is 12.5. The van der Waals surface area contributed by atoms with Crippen molar-refractivity contribution in [1.82, 2.24) is 19.7 Å². The number of nitrogens with one attached hydrogen (secondary N) is 1. The van der Waals surface area contributed by atoms with Crippen molar-refractivity contribution in [2.45, 2.75) is 58.6 Å². The van der Waals surface area contributed by atoms with Crippen molar-refractivity contribution >= 4 is 23.3 Å². The van der Waals surface area contributed by atoms with E-state index in [9.17, 15) is 14.7 Å². The molecule has 6 rings (SSSR count). The fourth-order valence-corrected chi connectivity index (χ4v) is 6.65. The molecule has 10 heteroatoms. The second-order valence-electron chi connectivity index (χ2n) is 11.8. The maximum Gasteiger partial charge on any atom is 0.345 e. The molecular weight excluding hydrogens is 594 g/mol. The SMILES string of the molecule is CCOC(=O)c1cnn(-c2cccc(-c3cccc4c3C(Nc3ccc(C5=CCN(C(=O)C(C)O)CC5)c(CC)n3)CC4)c2)c1OC. The number of rotatable bonds is 10. The van der Waals surface area contributed by atoms with Crippen LogP contribution in [-0.4, -0.2) is 69.6 Å². The van der Waals surface area contributed by atoms with E-state index < -0.39 is 12.1 Å². The molecule has 0 fully saturated rings. The van der Waals surface area contributed by atoms with Crippen LogP contribution in [0.5, 0.6) is 5.88 Å². The predicted molar refractivity (Wildman–Crippen MR) is 181 cm³/mol. The lowest BCUT2D eigenvalue weighted by Gasteiger charge is -2.28. The summed E-state index contributed by atoms with van der Waals surface area (Å²) >= 11 is 0. The van der Waals surface area contributed by atoms with E-state index in [-0.39, 0.29) is 24.1 Å². The number of carbonyl (C=O) groups is 2. The zero-order valence-electron chi connectivity index (χ0n) is 27.3. The Balaban J connectivity index is 1.26. The second-order valence-corrected chi connectivity index (χ2v) is 11.8. The first-order valence-corrected chi connectivity index (χ1v) is 16.3. The van der Waals surface area contributed by atoms with Crippen molar-refractivity contribution in [3.8, 4) is 22.7 Å². The van der Waals surface area contributed by atoms with Gasteiger partial charge in [-0.15, -0.1) is 0 Å². The minimum atomic E-state index is -0.987. The van der Waals surface area contributed by atoms with E-state index in [1.165, 1.54) is 36.9 Å². The first kappa shape index (κ1) is 32.0. The molecule has 1 amide bonds. The molecule has 244 valence electrons. The number of aliphatic hydroxyl groups is 1. The number of aryl methyl sites for hydroxylation is 2. The molecule has 2 atom stereocenters. The minimum Gasteiger partial charge on any atom is -0.480 e. The number of aliphatic hydroxyl groups excluding tert-OH is 1. The Hall–Kier alpha value is -4.96. The van der Waals surface area contributed by atoms with Gasteiger partial charge in [0.15, 0.2) is 0 Å². The Morgan fingerprint density at radius 1 is 1.09 bits per heavy atom. The summed E-state index contributed by atoms with van der Waals surface area (Å²) in [4.78, 5) is 31.5. The number of hydrogen-bond donors (Lipinski definition) is 2. The number of hydrogen-bond acceptors (Lipinski definition) is 8. The van der Waals surface area contributed by atoms with E-state index in [4.69, 9.17) is 14.5 Å². The molecule has 1 aliphatic carbocycles. The molecule has 0 bridgehead atoms. The minimum absolute atomic E-state index is 0.0801. The Kier molecular flexibility index (Phi) is 9.40. The lowest BCUT2D eigenvalue weighted by molar-refractivity contribution is -0.138. The van der Waals surface area contributed by atoms with Gasteiger partial charge >= 0.3 is 5.97 Å². The highest BCUT2D eigenvalue weighted by Gasteiger charge is 2.28. The van der Waals surface area contributed by atoms with Crippen LogP contribution in [0.15, 0.2) is 66.9 Å². The van der Waals surface area contributed by atoms with Crippen molar-refractivity contribution in [1.29, 1.82) is 0 Å². The van der Waals surface area contributed by atoms with Crippen molar-refractivity contribution in [2.75, 3.05) is 32.1 Å². The predicted octanol–water partition coefficient (Wildman–Crippen LogP) is 5.78. The number of aromatic nitrogens is 3. The summed E-state index contributed by atoms with van der Waals surface area (Å²) in [5, 5.41) is 17.9. The van der Waals surface area contributed by atoms with Crippen LogP contribution >= 0.6 is 0 Å². The van der Waals surface area contributed by atoms with Crippen LogP contribution in [0, 0.1) is 0 Å². The monoisotopic (exact) mass is 635 g/mol. The Morgan fingerprint density at radius 2 is 1.91 bits per heavy atom. The number of fused-ring (bicyclic) bond motifs is 1. The van der Waals surface area contributed by atoms with E-state index in [1.807, 2.05) is 12.1 Å². The normalized spacial score (nSPS) is 16.3. The third-order valence-electron chi connectivity index (χ3n) is 8.92. The van der Waals surface area contributed by atoms with Crippen LogP contribution in [0.1, 0.15) is 72.4 Å². The highest BCUT2D eigenvalue weighted by molar-refractivity contribution is 5.92. The summed E-state index contributed by atoms with van der Waals surface area (Å²) in [5.74, 6) is 0.456. The van der Waals surface area contributed by atoms with Gasteiger partial charge in [-0.1, -0.05) is 43.3 Å². The Bertz CT molecular complexity index is 1830. The zero-order chi connectivity index (χ0) is 33.1. The number of benzene rings is 2. The van der Waals surface area contributed by atoms with Crippen molar-refractivity contribution in [2.24, 2.45) is 0 Å². The van der Waals surface area contributed by atoms with Crippen LogP contribution in [0.3, 0.4) is 0 Å². The van der Waals surface area contributed by atoms with Crippen molar-refractivity contribution in [3.63, 3.8) is 0 Å². The quantitative estimate of drug-likeness (QED) is 0.211. The molecule has 2 unspecified atom stereocenters. The molecule has 2 aliphatic rings. The van der Waals surface area contributed by atoms with Crippen LogP contribution in [0.2, 0.25) is 0 Å². The van der Waals surface area contributed by atoms with E-state index in [0.29, 0.717) is 19.0 Å². The molecule has 1 aliphatic heterocycles. The zero-order valence-corrected chi connectivity index (χ0v) is 27.3. The first-order chi connectivity index (χ1) is 22.8. The number of esters is 1. The van der Waals surface area contributed by atoms with Gasteiger partial charge in [0.25, 0.3) is 5.91 Å². The average Bonchev–Trinajstić information content (AvgIpc) is 3.72. The molecule has 0 radical (unpaired) electrons. The lowest BCUT2D eigenvalue weighted by Crippen LogP contribution is -2.40. The van der Waals surface area contributed by atoms with E-state index in [2.05, 4.69) is 65.9 Å². The van der Waals surface area contributed by atoms with Gasteiger partial charge in [-0.05, 0) is 97.2 Å². The van der Waals surface area contributed by atoms with Gasteiger partial charge < -0.3 is 24.8 Å². The first-order valence-electron chi connectivity index (χ1n) is 16.3. The van der Waals surface area contributed by atoms with E-state index in [0.717, 1.165) is 59.6 Å². The third-order valence-corrected chi connectivity index (χ3v) is 8.92. The summed E-state index contributed by atoms with van der Waals surface area (Å²) in [6.07, 6.45) is 6.00. The number of nitrogens with zero attached hydrogens (tertiary/aromatic N) is 4. The maximum absolute atomic E-state index is 12.5. The summed E-state index contributed by atoms with van der Waals surface area (Å²) in [6, 6.07) is 18.8. The average molecular weight is 636 g/mol. The van der Waals surface area contributed by atoms with Gasteiger partial charge in [0.05, 0.1) is 37.3 Å². The molecule has 0 saturated carbocycles. The van der Waals surface area contributed by atoms with Crippen molar-refractivity contribution in [3.05, 3.63) is 94.8 Å². The fraction of sp³-hybridized carbons (Fsp3) is 0.351. The molecule has 10 nitrogen and oxygen atoms in total. The standard InChI is InChI=1S/C37H41N5O5/c1-5-31-28(24-17-19-41(20-18-24)35(44)23(3)43)14-16-33(39-31)40-32-15-13-25-9-8-12-29(34(25)32)26-10-7-11-27(21-26)42-36(46-4)30(22-38-42)37(45)47-6-2/h7-12,14,16-17,21-23,32,43H,5-6,13,15,18-20H2,1-4H3,(H,39,40). The summed E-state index contributed by atoms with van der Waals surface area (Å²) in [5.41, 5.74) is 9.11. The molecule has 2 aromatic heterocycles. The van der Waals surface area contributed by atoms with Crippen LogP contribution in [0.25, 0.3) is 22.4 Å². The Labute approximate surface area is 275 Å². The topological polar surface area (TPSA) is 119 Å². The molecule has 0 spiro atoms. The number of methoxy groups -OCH3 is 1. The largest absolute Gasteiger partial charge is 0.480 e. The van der Waals surface area contributed by atoms with Crippen LogP contribution in [0.4, 0.5) is 5.82 Å². The number of amides is 1. The number of pyridine rings is 1. The lowest BCUT2D eigenvalue weighted by atomic mass is 9.94. The summed E-state index contributed by atoms with van der Waals surface area (Å²) < 4.78 is 12.4. The van der Waals surface area contributed by atoms with Gasteiger partial charge in [-0.25, -0.2) is 14.5 Å².